The first kappa shape index (κ1) is 14.5. The molecule has 0 aliphatic carbocycles. The Labute approximate surface area is 117 Å². The Morgan fingerprint density at radius 2 is 2.21 bits per heavy atom. The van der Waals surface area contributed by atoms with Gasteiger partial charge in [0.2, 0.25) is 0 Å². The molecular formula is C16H27N3. The fourth-order valence-electron chi connectivity index (χ4n) is 2.85. The van der Waals surface area contributed by atoms with Gasteiger partial charge in [0.15, 0.2) is 0 Å². The Hall–Kier alpha value is -0.930. The zero-order chi connectivity index (χ0) is 13.5. The number of hydrogen-bond donors (Lipinski definition) is 1. The highest BCUT2D eigenvalue weighted by Crippen LogP contribution is 2.21. The van der Waals surface area contributed by atoms with Gasteiger partial charge in [-0.25, -0.2) is 0 Å². The van der Waals surface area contributed by atoms with Crippen LogP contribution in [0.5, 0.6) is 0 Å². The molecule has 0 aromatic carbocycles. The maximum atomic E-state index is 4.12. The summed E-state index contributed by atoms with van der Waals surface area (Å²) in [6.07, 6.45) is 9.00. The number of nitrogens with zero attached hydrogens (tertiary/aromatic N) is 2. The van der Waals surface area contributed by atoms with Crippen molar-refractivity contribution in [3.8, 4) is 0 Å². The summed E-state index contributed by atoms with van der Waals surface area (Å²) in [5.74, 6) is 0. The van der Waals surface area contributed by atoms with E-state index >= 15 is 0 Å². The van der Waals surface area contributed by atoms with E-state index in [1.54, 1.807) is 0 Å². The van der Waals surface area contributed by atoms with Gasteiger partial charge < -0.3 is 5.32 Å². The summed E-state index contributed by atoms with van der Waals surface area (Å²) in [7, 11) is 0. The highest BCUT2D eigenvalue weighted by atomic mass is 15.2. The molecule has 2 rings (SSSR count). The Morgan fingerprint density at radius 3 is 2.84 bits per heavy atom. The zero-order valence-corrected chi connectivity index (χ0v) is 12.3. The smallest absolute Gasteiger partial charge is 0.0321 e. The molecule has 0 radical (unpaired) electrons. The summed E-state index contributed by atoms with van der Waals surface area (Å²) in [4.78, 5) is 6.75. The molecule has 3 nitrogen and oxygen atoms in total. The fraction of sp³-hybridized carbons (Fsp3) is 0.688. The second-order valence-electron chi connectivity index (χ2n) is 5.60. The van der Waals surface area contributed by atoms with Gasteiger partial charge in [-0.15, -0.1) is 0 Å². The topological polar surface area (TPSA) is 28.2 Å². The van der Waals surface area contributed by atoms with Crippen LogP contribution in [-0.2, 0) is 0 Å². The van der Waals surface area contributed by atoms with Crippen LogP contribution < -0.4 is 5.32 Å². The van der Waals surface area contributed by atoms with Crippen molar-refractivity contribution in [3.63, 3.8) is 0 Å². The van der Waals surface area contributed by atoms with Crippen LogP contribution in [0.2, 0.25) is 0 Å². The summed E-state index contributed by atoms with van der Waals surface area (Å²) >= 11 is 0. The molecule has 1 N–H and O–H groups in total. The number of nitrogens with one attached hydrogen (secondary N) is 1. The zero-order valence-electron chi connectivity index (χ0n) is 12.3. The average Bonchev–Trinajstić information content (AvgIpc) is 2.96. The predicted octanol–water partition coefficient (Wildman–Crippen LogP) is 3.00. The van der Waals surface area contributed by atoms with Gasteiger partial charge in [0.05, 0.1) is 0 Å². The van der Waals surface area contributed by atoms with Gasteiger partial charge in [0.1, 0.15) is 0 Å². The van der Waals surface area contributed by atoms with Crippen LogP contribution in [0.25, 0.3) is 0 Å². The molecule has 2 heterocycles. The quantitative estimate of drug-likeness (QED) is 0.818. The number of hydrogen-bond acceptors (Lipinski definition) is 3. The summed E-state index contributed by atoms with van der Waals surface area (Å²) in [6, 6.07) is 5.45. The Morgan fingerprint density at radius 1 is 1.42 bits per heavy atom. The maximum Gasteiger partial charge on any atom is 0.0321 e. The molecular weight excluding hydrogens is 234 g/mol. The molecule has 1 saturated heterocycles. The third-order valence-corrected chi connectivity index (χ3v) is 4.15. The van der Waals surface area contributed by atoms with Crippen molar-refractivity contribution in [2.45, 2.75) is 51.6 Å². The molecule has 1 aliphatic rings. The second kappa shape index (κ2) is 7.61. The van der Waals surface area contributed by atoms with E-state index in [-0.39, 0.29) is 0 Å². The molecule has 3 heteroatoms. The minimum atomic E-state index is 0.483. The lowest BCUT2D eigenvalue weighted by atomic mass is 10.1. The van der Waals surface area contributed by atoms with Crippen LogP contribution in [-0.4, -0.2) is 35.6 Å². The largest absolute Gasteiger partial charge is 0.313 e. The Bertz CT molecular complexity index is 346. The molecule has 1 aromatic rings. The van der Waals surface area contributed by atoms with Crippen molar-refractivity contribution in [1.82, 2.24) is 15.2 Å². The van der Waals surface area contributed by atoms with Gasteiger partial charge in [-0.1, -0.05) is 13.3 Å². The summed E-state index contributed by atoms with van der Waals surface area (Å²) in [6.45, 7) is 8.14. The van der Waals surface area contributed by atoms with Crippen LogP contribution in [0, 0.1) is 0 Å². The van der Waals surface area contributed by atoms with Gasteiger partial charge >= 0.3 is 0 Å². The van der Waals surface area contributed by atoms with Crippen molar-refractivity contribution in [1.29, 1.82) is 0 Å². The summed E-state index contributed by atoms with van der Waals surface area (Å²) in [5.41, 5.74) is 1.38. The number of unbranched alkanes of at least 4 members (excludes halogenated alkanes) is 1. The molecule has 0 amide bonds. The first-order valence-electron chi connectivity index (χ1n) is 7.68. The van der Waals surface area contributed by atoms with Crippen molar-refractivity contribution >= 4 is 0 Å². The van der Waals surface area contributed by atoms with Gasteiger partial charge in [0.25, 0.3) is 0 Å². The molecule has 19 heavy (non-hydrogen) atoms. The number of rotatable bonds is 7. The highest BCUT2D eigenvalue weighted by Gasteiger charge is 2.21. The summed E-state index contributed by atoms with van der Waals surface area (Å²) < 4.78 is 0. The van der Waals surface area contributed by atoms with Gasteiger partial charge in [-0.05, 0) is 57.0 Å². The van der Waals surface area contributed by atoms with Crippen LogP contribution >= 0.6 is 0 Å². The third-order valence-electron chi connectivity index (χ3n) is 4.15. The van der Waals surface area contributed by atoms with E-state index < -0.39 is 0 Å². The molecule has 2 atom stereocenters. The van der Waals surface area contributed by atoms with Gasteiger partial charge in [-0.3, -0.25) is 9.88 Å². The molecule has 0 spiro atoms. The summed E-state index contributed by atoms with van der Waals surface area (Å²) in [5, 5.41) is 3.62. The number of aromatic nitrogens is 1. The van der Waals surface area contributed by atoms with Crippen molar-refractivity contribution in [3.05, 3.63) is 30.1 Å². The molecule has 0 saturated carbocycles. The van der Waals surface area contributed by atoms with E-state index in [2.05, 4.69) is 41.2 Å². The first-order valence-corrected chi connectivity index (χ1v) is 7.68. The van der Waals surface area contributed by atoms with Crippen LogP contribution in [0.15, 0.2) is 24.5 Å². The molecule has 1 aromatic heterocycles. The van der Waals surface area contributed by atoms with Crippen LogP contribution in [0.1, 0.15) is 51.1 Å². The van der Waals surface area contributed by atoms with Crippen molar-refractivity contribution < 1.29 is 0 Å². The van der Waals surface area contributed by atoms with Gasteiger partial charge in [0, 0.05) is 31.0 Å². The van der Waals surface area contributed by atoms with E-state index in [0.29, 0.717) is 12.1 Å². The van der Waals surface area contributed by atoms with E-state index in [4.69, 9.17) is 0 Å². The molecule has 106 valence electrons. The van der Waals surface area contributed by atoms with E-state index in [9.17, 15) is 0 Å². The molecule has 1 aliphatic heterocycles. The highest BCUT2D eigenvalue weighted by molar-refractivity contribution is 5.14. The molecule has 0 bridgehead atoms. The minimum absolute atomic E-state index is 0.483. The standard InChI is InChI=1S/C16H27N3/c1-3-4-12-19(13-16-6-5-9-18-16)14(2)15-7-10-17-11-8-15/h7-8,10-11,14,16,18H,3-6,9,12-13H2,1-2H3. The molecule has 1 fully saturated rings. The second-order valence-corrected chi connectivity index (χ2v) is 5.60. The van der Waals surface area contributed by atoms with E-state index in [0.717, 1.165) is 0 Å². The number of pyridine rings is 1. The minimum Gasteiger partial charge on any atom is -0.313 e. The first-order chi connectivity index (χ1) is 9.31. The normalized spacial score (nSPS) is 20.9. The third kappa shape index (κ3) is 4.29. The van der Waals surface area contributed by atoms with Crippen molar-refractivity contribution in [2.75, 3.05) is 19.6 Å². The van der Waals surface area contributed by atoms with Gasteiger partial charge in [-0.2, -0.15) is 0 Å². The van der Waals surface area contributed by atoms with Crippen LogP contribution in [0.4, 0.5) is 0 Å². The average molecular weight is 261 g/mol. The molecule has 2 unspecified atom stereocenters. The predicted molar refractivity (Wildman–Crippen MR) is 80.2 cm³/mol. The van der Waals surface area contributed by atoms with E-state index in [1.807, 2.05) is 12.4 Å². The van der Waals surface area contributed by atoms with Crippen molar-refractivity contribution in [2.24, 2.45) is 0 Å². The Balaban J connectivity index is 1.98. The monoisotopic (exact) mass is 261 g/mol. The lowest BCUT2D eigenvalue weighted by molar-refractivity contribution is 0.189. The lowest BCUT2D eigenvalue weighted by Crippen LogP contribution is -2.39. The maximum absolute atomic E-state index is 4.12. The van der Waals surface area contributed by atoms with E-state index in [1.165, 1.54) is 50.9 Å². The SMILES string of the molecule is CCCCN(CC1CCCN1)C(C)c1ccncc1. The van der Waals surface area contributed by atoms with Crippen LogP contribution in [0.3, 0.4) is 0 Å². The fourth-order valence-corrected chi connectivity index (χ4v) is 2.85. The lowest BCUT2D eigenvalue weighted by Gasteiger charge is -2.31. The Kier molecular flexibility index (Phi) is 5.80.